The zero-order valence-corrected chi connectivity index (χ0v) is 12.0. The van der Waals surface area contributed by atoms with Gasteiger partial charge in [-0.1, -0.05) is 0 Å². The largest absolute Gasteiger partial charge is 0.507 e. The van der Waals surface area contributed by atoms with Gasteiger partial charge in [0.05, 0.1) is 12.1 Å². The van der Waals surface area contributed by atoms with Gasteiger partial charge in [-0.05, 0) is 51.7 Å². The topological polar surface area (TPSA) is 43.8 Å². The van der Waals surface area contributed by atoms with Crippen molar-refractivity contribution in [3.8, 4) is 5.75 Å². The molecule has 4 nitrogen and oxygen atoms in total. The number of rotatable bonds is 4. The normalized spacial score (nSPS) is 20.3. The number of aromatic hydroxyl groups is 1. The molecule has 20 heavy (non-hydrogen) atoms. The van der Waals surface area contributed by atoms with Crippen LogP contribution in [0.4, 0.5) is 4.39 Å². The quantitative estimate of drug-likeness (QED) is 0.853. The Morgan fingerprint density at radius 3 is 3.00 bits per heavy atom. The molecule has 110 valence electrons. The molecule has 2 rings (SSSR count). The number of carbonyl (C=O) groups excluding carboxylic acids is 1. The van der Waals surface area contributed by atoms with Gasteiger partial charge in [0, 0.05) is 12.6 Å². The van der Waals surface area contributed by atoms with E-state index in [1.165, 1.54) is 6.07 Å². The van der Waals surface area contributed by atoms with Gasteiger partial charge >= 0.3 is 0 Å². The van der Waals surface area contributed by atoms with Crippen molar-refractivity contribution in [2.24, 2.45) is 0 Å². The number of carbonyl (C=O) groups is 1. The molecule has 1 N–H and O–H groups in total. The number of benzene rings is 1. The van der Waals surface area contributed by atoms with Crippen LogP contribution in [0.5, 0.6) is 5.75 Å². The second kappa shape index (κ2) is 6.33. The van der Waals surface area contributed by atoms with Crippen molar-refractivity contribution in [1.82, 2.24) is 9.80 Å². The molecule has 0 spiro atoms. The van der Waals surface area contributed by atoms with Crippen molar-refractivity contribution >= 4 is 5.78 Å². The summed E-state index contributed by atoms with van der Waals surface area (Å²) in [7, 11) is 3.97. The summed E-state index contributed by atoms with van der Waals surface area (Å²) in [6, 6.07) is 3.79. The van der Waals surface area contributed by atoms with Gasteiger partial charge in [0.25, 0.3) is 0 Å². The predicted octanol–water partition coefficient (Wildman–Crippen LogP) is 1.74. The smallest absolute Gasteiger partial charge is 0.180 e. The molecular formula is C15H21FN2O2. The Morgan fingerprint density at radius 2 is 2.30 bits per heavy atom. The van der Waals surface area contributed by atoms with Crippen LogP contribution in [0.15, 0.2) is 18.2 Å². The second-order valence-corrected chi connectivity index (χ2v) is 5.56. The molecule has 0 radical (unpaired) electrons. The lowest BCUT2D eigenvalue weighted by Crippen LogP contribution is -2.46. The van der Waals surface area contributed by atoms with Gasteiger partial charge in [0.2, 0.25) is 0 Å². The van der Waals surface area contributed by atoms with Crippen LogP contribution >= 0.6 is 0 Å². The minimum absolute atomic E-state index is 0.0565. The monoisotopic (exact) mass is 280 g/mol. The molecule has 1 heterocycles. The Labute approximate surface area is 118 Å². The Morgan fingerprint density at radius 1 is 1.55 bits per heavy atom. The number of nitrogens with zero attached hydrogens (tertiary/aromatic N) is 2. The van der Waals surface area contributed by atoms with Gasteiger partial charge in [-0.3, -0.25) is 9.69 Å². The van der Waals surface area contributed by atoms with Gasteiger partial charge in [-0.2, -0.15) is 0 Å². The van der Waals surface area contributed by atoms with Crippen molar-refractivity contribution in [2.45, 2.75) is 18.9 Å². The highest BCUT2D eigenvalue weighted by molar-refractivity contribution is 6.00. The van der Waals surface area contributed by atoms with E-state index in [0.717, 1.165) is 38.1 Å². The van der Waals surface area contributed by atoms with Crippen molar-refractivity contribution in [1.29, 1.82) is 0 Å². The van der Waals surface area contributed by atoms with Crippen LogP contribution in [0, 0.1) is 5.82 Å². The van der Waals surface area contributed by atoms with Crippen molar-refractivity contribution in [2.75, 3.05) is 33.7 Å². The Hall–Kier alpha value is -1.46. The van der Waals surface area contributed by atoms with E-state index in [0.29, 0.717) is 6.04 Å². The third-order valence-electron chi connectivity index (χ3n) is 3.87. The molecule has 5 heteroatoms. The molecule has 1 saturated heterocycles. The fraction of sp³-hybridized carbons (Fsp3) is 0.533. The summed E-state index contributed by atoms with van der Waals surface area (Å²) in [4.78, 5) is 16.4. The maximum Gasteiger partial charge on any atom is 0.180 e. The average molecular weight is 280 g/mol. The van der Waals surface area contributed by atoms with Crippen LogP contribution < -0.4 is 0 Å². The lowest BCUT2D eigenvalue weighted by atomic mass is 10.0. The van der Waals surface area contributed by atoms with E-state index in [-0.39, 0.29) is 23.6 Å². The van der Waals surface area contributed by atoms with Crippen molar-refractivity contribution in [3.63, 3.8) is 0 Å². The highest BCUT2D eigenvalue weighted by atomic mass is 19.1. The molecule has 0 saturated carbocycles. The maximum absolute atomic E-state index is 13.2. The van der Waals surface area contributed by atoms with Gasteiger partial charge in [-0.25, -0.2) is 4.39 Å². The fourth-order valence-corrected chi connectivity index (χ4v) is 2.67. The predicted molar refractivity (Wildman–Crippen MR) is 75.5 cm³/mol. The summed E-state index contributed by atoms with van der Waals surface area (Å²) < 4.78 is 13.2. The summed E-state index contributed by atoms with van der Waals surface area (Å²) in [5, 5.41) is 9.66. The second-order valence-electron chi connectivity index (χ2n) is 5.56. The zero-order chi connectivity index (χ0) is 14.7. The third-order valence-corrected chi connectivity index (χ3v) is 3.87. The summed E-state index contributed by atoms with van der Waals surface area (Å²) in [6.07, 6.45) is 2.17. The number of hydrogen-bond donors (Lipinski definition) is 1. The number of ketones is 1. The van der Waals surface area contributed by atoms with Crippen LogP contribution in [0.25, 0.3) is 0 Å². The Bertz CT molecular complexity index is 493. The lowest BCUT2D eigenvalue weighted by Gasteiger charge is -2.35. The Balaban J connectivity index is 2.01. The number of halogens is 1. The highest BCUT2D eigenvalue weighted by Gasteiger charge is 2.23. The summed E-state index contributed by atoms with van der Waals surface area (Å²) in [5.41, 5.74) is 0.0565. The Kier molecular flexibility index (Phi) is 4.73. The molecule has 0 aromatic heterocycles. The van der Waals surface area contributed by atoms with Crippen LogP contribution in [-0.2, 0) is 0 Å². The van der Waals surface area contributed by atoms with Gasteiger partial charge in [-0.15, -0.1) is 0 Å². The number of hydrogen-bond acceptors (Lipinski definition) is 4. The first-order valence-corrected chi connectivity index (χ1v) is 6.88. The highest BCUT2D eigenvalue weighted by Crippen LogP contribution is 2.20. The van der Waals surface area contributed by atoms with Gasteiger partial charge in [0.1, 0.15) is 11.6 Å². The molecule has 1 atom stereocenters. The summed E-state index contributed by atoms with van der Waals surface area (Å²) in [5.74, 6) is -0.922. The molecule has 0 amide bonds. The van der Waals surface area contributed by atoms with Crippen LogP contribution in [-0.4, -0.2) is 60.5 Å². The molecular weight excluding hydrogens is 259 g/mol. The third kappa shape index (κ3) is 3.55. The summed E-state index contributed by atoms with van der Waals surface area (Å²) in [6.45, 7) is 2.21. The van der Waals surface area contributed by atoms with E-state index in [1.54, 1.807) is 0 Å². The number of phenolic OH excluding ortho intramolecular Hbond substituents is 1. The van der Waals surface area contributed by atoms with Gasteiger partial charge in [0.15, 0.2) is 5.78 Å². The molecule has 0 aliphatic carbocycles. The fourth-order valence-electron chi connectivity index (χ4n) is 2.67. The maximum atomic E-state index is 13.2. The molecule has 1 aliphatic rings. The van der Waals surface area contributed by atoms with E-state index >= 15 is 0 Å². The van der Waals surface area contributed by atoms with Crippen molar-refractivity contribution < 1.29 is 14.3 Å². The first kappa shape index (κ1) is 14.9. The number of likely N-dealkylation sites (tertiary alicyclic amines) is 1. The van der Waals surface area contributed by atoms with E-state index in [9.17, 15) is 14.3 Å². The molecule has 1 unspecified atom stereocenters. The molecule has 1 fully saturated rings. The standard InChI is InChI=1S/C15H21FN2O2/c1-17-7-3-4-12(9-17)18(2)10-15(20)13-8-11(16)5-6-14(13)19/h5-6,8,12,19H,3-4,7,9-10H2,1-2H3. The zero-order valence-electron chi connectivity index (χ0n) is 12.0. The lowest BCUT2D eigenvalue weighted by molar-refractivity contribution is 0.0854. The number of Topliss-reactive ketones (excluding diaryl/α,β-unsaturated/α-hetero) is 1. The van der Waals surface area contributed by atoms with E-state index in [4.69, 9.17) is 0 Å². The molecule has 1 aromatic carbocycles. The van der Waals surface area contributed by atoms with E-state index < -0.39 is 5.82 Å². The molecule has 0 bridgehead atoms. The van der Waals surface area contributed by atoms with Crippen LogP contribution in [0.3, 0.4) is 0 Å². The minimum Gasteiger partial charge on any atom is -0.507 e. The SMILES string of the molecule is CN1CCCC(N(C)CC(=O)c2cc(F)ccc2O)C1. The summed E-state index contributed by atoms with van der Waals surface area (Å²) >= 11 is 0. The van der Waals surface area contributed by atoms with Gasteiger partial charge < -0.3 is 10.0 Å². The first-order valence-electron chi connectivity index (χ1n) is 6.88. The van der Waals surface area contributed by atoms with Crippen molar-refractivity contribution in [3.05, 3.63) is 29.6 Å². The van der Waals surface area contributed by atoms with Crippen LogP contribution in [0.1, 0.15) is 23.2 Å². The number of piperidine rings is 1. The molecule has 1 aromatic rings. The first-order chi connectivity index (χ1) is 9.47. The van der Waals surface area contributed by atoms with Crippen LogP contribution in [0.2, 0.25) is 0 Å². The van der Waals surface area contributed by atoms with E-state index in [1.807, 2.05) is 11.9 Å². The average Bonchev–Trinajstić information content (AvgIpc) is 2.41. The number of phenols is 1. The number of likely N-dealkylation sites (N-methyl/N-ethyl adjacent to an activating group) is 2. The minimum atomic E-state index is -0.508. The molecule has 1 aliphatic heterocycles. The van der Waals surface area contributed by atoms with E-state index in [2.05, 4.69) is 11.9 Å².